The summed E-state index contributed by atoms with van der Waals surface area (Å²) in [4.78, 5) is 15.6. The van der Waals surface area contributed by atoms with Crippen LogP contribution in [-0.2, 0) is 6.42 Å². The first-order chi connectivity index (χ1) is 7.75. The van der Waals surface area contributed by atoms with Gasteiger partial charge in [0.15, 0.2) is 0 Å². The Labute approximate surface area is 99.0 Å². The van der Waals surface area contributed by atoms with Crippen LogP contribution in [0.1, 0.15) is 20.9 Å². The minimum atomic E-state index is 0. The summed E-state index contributed by atoms with van der Waals surface area (Å²) in [5, 5.41) is 2.37. The van der Waals surface area contributed by atoms with Crippen LogP contribution in [0.2, 0.25) is 0 Å². The maximum atomic E-state index is 11.6. The fraction of sp³-hybridized carbons (Fsp3) is 0.154. The molecule has 0 aliphatic heterocycles. The van der Waals surface area contributed by atoms with E-state index >= 15 is 0 Å². The third-order valence-electron chi connectivity index (χ3n) is 2.29. The summed E-state index contributed by atoms with van der Waals surface area (Å²) >= 11 is 1.38. The average molecular weight is 482 g/mol. The molecule has 0 amide bonds. The SMILES string of the molecule is Cc1ccc(C[CH-]C(=O)c2nccs2)cc1.[Es]. The van der Waals surface area contributed by atoms with E-state index in [2.05, 4.69) is 17.1 Å². The van der Waals surface area contributed by atoms with Gasteiger partial charge in [-0.05, 0) is 12.3 Å². The predicted molar refractivity (Wildman–Crippen MR) is 65.6 cm³/mol. The van der Waals surface area contributed by atoms with E-state index in [0.29, 0.717) is 11.4 Å². The van der Waals surface area contributed by atoms with E-state index in [1.54, 1.807) is 12.6 Å². The molecule has 1 radical (unpaired) electrons. The molecule has 1 aromatic heterocycles. The number of ketones is 1. The van der Waals surface area contributed by atoms with Crippen LogP contribution in [0.3, 0.4) is 0 Å². The zero-order chi connectivity index (χ0) is 11.4. The number of rotatable bonds is 4. The molecule has 17 heavy (non-hydrogen) atoms. The van der Waals surface area contributed by atoms with Crippen molar-refractivity contribution in [3.63, 3.8) is 0 Å². The van der Waals surface area contributed by atoms with Gasteiger partial charge < -0.3 is 9.78 Å². The van der Waals surface area contributed by atoms with Crippen molar-refractivity contribution in [2.45, 2.75) is 13.3 Å². The van der Waals surface area contributed by atoms with Crippen LogP contribution in [-0.4, -0.2) is 10.8 Å². The second-order valence-corrected chi connectivity index (χ2v) is 4.49. The molecular weight excluding hydrogens is 470 g/mol. The van der Waals surface area contributed by atoms with Crippen molar-refractivity contribution in [2.75, 3.05) is 0 Å². The Morgan fingerprint density at radius 1 is 1.35 bits per heavy atom. The first-order valence-electron chi connectivity index (χ1n) is 5.08. The molecule has 0 aliphatic rings. The molecule has 0 atom stereocenters. The Kier molecular flexibility index (Phi) is 4.01. The van der Waals surface area contributed by atoms with Gasteiger partial charge in [-0.3, -0.25) is 0 Å². The predicted octanol–water partition coefficient (Wildman–Crippen LogP) is 3.08. The number of carbonyl (C=O) groups excluding carboxylic acids is 1. The van der Waals surface area contributed by atoms with Crippen LogP contribution in [0, 0.1) is 13.3 Å². The van der Waals surface area contributed by atoms with Gasteiger partial charge in [0.05, 0.1) is 5.78 Å². The van der Waals surface area contributed by atoms with Crippen molar-refractivity contribution in [3.05, 3.63) is 58.4 Å². The molecule has 0 saturated carbocycles. The number of hydrogen-bond donors (Lipinski definition) is 0. The van der Waals surface area contributed by atoms with Gasteiger partial charge in [0.2, 0.25) is 0 Å². The van der Waals surface area contributed by atoms with E-state index in [1.807, 2.05) is 24.4 Å². The number of aryl methyl sites for hydroxylation is 1. The van der Waals surface area contributed by atoms with Crippen LogP contribution in [0.25, 0.3) is 0 Å². The number of benzene rings is 1. The standard InChI is InChI=1S/C13H12NOS.Es/c1-10-2-4-11(5-3-10)6-7-12(15)13-14-8-9-16-13;/h2-5,7-9H,6H2,1H3;/q-1;. The molecule has 2 aromatic rings. The molecule has 0 spiro atoms. The van der Waals surface area contributed by atoms with Gasteiger partial charge in [0.25, 0.3) is 0 Å². The summed E-state index contributed by atoms with van der Waals surface area (Å²) in [6.45, 7) is 2.05. The van der Waals surface area contributed by atoms with Gasteiger partial charge in [-0.2, -0.15) is 6.42 Å². The fourth-order valence-electron chi connectivity index (χ4n) is 1.37. The minimum absolute atomic E-state index is 0. The first kappa shape index (κ1) is 12.5. The Morgan fingerprint density at radius 2 is 2.06 bits per heavy atom. The van der Waals surface area contributed by atoms with Gasteiger partial charge in [-0.25, -0.2) is 11.3 Å². The van der Waals surface area contributed by atoms with Gasteiger partial charge in [-0.1, -0.05) is 41.8 Å². The molecule has 2 nitrogen and oxygen atoms in total. The maximum Gasteiger partial charge on any atom is 0.0521 e. The van der Waals surface area contributed by atoms with Crippen molar-refractivity contribution in [2.24, 2.45) is 0 Å². The van der Waals surface area contributed by atoms with E-state index in [-0.39, 0.29) is 5.78 Å². The molecule has 0 fully saturated rings. The zero-order valence-electron chi connectivity index (χ0n) is 9.31. The van der Waals surface area contributed by atoms with E-state index in [9.17, 15) is 4.79 Å². The molecule has 93 valence electrons. The van der Waals surface area contributed by atoms with E-state index in [4.69, 9.17) is 0 Å². The van der Waals surface area contributed by atoms with E-state index in [1.165, 1.54) is 16.9 Å². The Bertz CT molecular complexity index is 465. The summed E-state index contributed by atoms with van der Waals surface area (Å²) in [6.07, 6.45) is 4.00. The second-order valence-electron chi connectivity index (χ2n) is 3.60. The van der Waals surface area contributed by atoms with Gasteiger partial charge in [0, 0.05) is 11.2 Å². The third kappa shape index (κ3) is 3.18. The van der Waals surface area contributed by atoms with Crippen molar-refractivity contribution in [1.29, 1.82) is 0 Å². The Balaban J connectivity index is 0.00000144. The summed E-state index contributed by atoms with van der Waals surface area (Å²) in [5.41, 5.74) is 2.38. The summed E-state index contributed by atoms with van der Waals surface area (Å²) < 4.78 is 0. The number of Topliss-reactive ketones (excluding diaryl/α,β-unsaturated/α-hetero) is 1. The molecule has 0 N–H and O–H groups in total. The Morgan fingerprint density at radius 3 is 2.65 bits per heavy atom. The number of carbonyl (C=O) groups is 1. The molecule has 2 rings (SSSR count). The number of thiazole rings is 1. The molecule has 1 aromatic carbocycles. The van der Waals surface area contributed by atoms with Gasteiger partial charge >= 0.3 is 0 Å². The molecular formula is C13H12EsNOS-. The normalized spacial score (nSPS) is 9.47. The number of hydrogen-bond acceptors (Lipinski definition) is 3. The van der Waals surface area contributed by atoms with Crippen LogP contribution in [0.4, 0.5) is 0 Å². The van der Waals surface area contributed by atoms with Crippen molar-refractivity contribution >= 4 is 17.1 Å². The van der Waals surface area contributed by atoms with E-state index in [0.717, 1.165) is 5.56 Å². The van der Waals surface area contributed by atoms with Gasteiger partial charge in [0.1, 0.15) is 0 Å². The van der Waals surface area contributed by atoms with Crippen LogP contribution < -0.4 is 0 Å². The molecule has 1 heterocycles. The number of nitrogens with zero attached hydrogens (tertiary/aromatic N) is 1. The topological polar surface area (TPSA) is 30.0 Å². The van der Waals surface area contributed by atoms with Crippen LogP contribution >= 0.6 is 11.3 Å². The molecule has 0 bridgehead atoms. The monoisotopic (exact) mass is 482 g/mol. The van der Waals surface area contributed by atoms with Crippen molar-refractivity contribution in [1.82, 2.24) is 4.98 Å². The van der Waals surface area contributed by atoms with Crippen molar-refractivity contribution < 1.29 is 4.79 Å². The minimum Gasteiger partial charge on any atom is -0.336 e. The molecule has 4 heteroatoms. The molecule has 0 unspecified atom stereocenters. The first-order valence-corrected chi connectivity index (χ1v) is 5.96. The van der Waals surface area contributed by atoms with Crippen LogP contribution in [0.5, 0.6) is 0 Å². The Hall–Kier alpha value is -2.61. The van der Waals surface area contributed by atoms with E-state index < -0.39 is 0 Å². The summed E-state index contributed by atoms with van der Waals surface area (Å²) in [6, 6.07) is 8.19. The van der Waals surface area contributed by atoms with Crippen LogP contribution in [0.15, 0.2) is 35.8 Å². The van der Waals surface area contributed by atoms with Crippen molar-refractivity contribution in [3.8, 4) is 0 Å². The zero-order valence-corrected chi connectivity index (χ0v) is 12.6. The van der Waals surface area contributed by atoms with Gasteiger partial charge in [-0.15, -0.1) is 0 Å². The largest absolute Gasteiger partial charge is 0.336 e. The number of aromatic nitrogens is 1. The molecule has 0 saturated heterocycles. The summed E-state index contributed by atoms with van der Waals surface area (Å²) in [7, 11) is 0. The fourth-order valence-corrected chi connectivity index (χ4v) is 1.94. The summed E-state index contributed by atoms with van der Waals surface area (Å²) in [5.74, 6) is 0.00979. The molecule has 0 aliphatic carbocycles. The third-order valence-corrected chi connectivity index (χ3v) is 3.07. The average Bonchev–Trinajstić information content (AvgIpc) is 2.81. The quantitative estimate of drug-likeness (QED) is 0.496. The second kappa shape index (κ2) is 5.47. The maximum absolute atomic E-state index is 11.6. The smallest absolute Gasteiger partial charge is 0.0521 e.